The zero-order valence-corrected chi connectivity index (χ0v) is 12.5. The number of hydrogen-bond donors (Lipinski definition) is 1. The van der Waals surface area contributed by atoms with Gasteiger partial charge < -0.3 is 10.1 Å². The second-order valence-corrected chi connectivity index (χ2v) is 5.86. The molecule has 1 aliphatic rings. The molecule has 2 nitrogen and oxygen atoms in total. The second-order valence-electron chi connectivity index (χ2n) is 5.86. The molecule has 1 atom stereocenters. The van der Waals surface area contributed by atoms with Gasteiger partial charge in [-0.3, -0.25) is 0 Å². The van der Waals surface area contributed by atoms with Gasteiger partial charge in [-0.2, -0.15) is 0 Å². The molecule has 2 heteroatoms. The van der Waals surface area contributed by atoms with Crippen molar-refractivity contribution in [2.24, 2.45) is 5.92 Å². The third-order valence-electron chi connectivity index (χ3n) is 3.91. The highest BCUT2D eigenvalue weighted by atomic mass is 16.5. The first-order chi connectivity index (χ1) is 9.22. The second kappa shape index (κ2) is 6.95. The van der Waals surface area contributed by atoms with Gasteiger partial charge in [-0.15, -0.1) is 0 Å². The van der Waals surface area contributed by atoms with Crippen molar-refractivity contribution in [2.45, 2.75) is 52.0 Å². The van der Waals surface area contributed by atoms with Crippen LogP contribution in [0.4, 0.5) is 0 Å². The molecule has 0 saturated heterocycles. The molecular formula is C17H27NO. The van der Waals surface area contributed by atoms with Crippen LogP contribution >= 0.6 is 0 Å². The smallest absolute Gasteiger partial charge is 0.122 e. The molecule has 0 aromatic heterocycles. The molecule has 1 saturated carbocycles. The zero-order valence-electron chi connectivity index (χ0n) is 12.5. The van der Waals surface area contributed by atoms with Gasteiger partial charge in [0.05, 0.1) is 7.11 Å². The van der Waals surface area contributed by atoms with Gasteiger partial charge in [0.2, 0.25) is 0 Å². The third kappa shape index (κ3) is 4.54. The number of methoxy groups -OCH3 is 1. The summed E-state index contributed by atoms with van der Waals surface area (Å²) in [6.07, 6.45) is 6.40. The van der Waals surface area contributed by atoms with Crippen molar-refractivity contribution in [3.8, 4) is 5.75 Å². The van der Waals surface area contributed by atoms with E-state index in [9.17, 15) is 0 Å². The Morgan fingerprint density at radius 3 is 2.79 bits per heavy atom. The fraction of sp³-hybridized carbons (Fsp3) is 0.647. The minimum Gasteiger partial charge on any atom is -0.496 e. The number of aryl methyl sites for hydroxylation is 1. The highest BCUT2D eigenvalue weighted by Gasteiger charge is 2.22. The monoisotopic (exact) mass is 261 g/mol. The van der Waals surface area contributed by atoms with Crippen molar-refractivity contribution in [2.75, 3.05) is 13.7 Å². The average Bonchev–Trinajstić information content (AvgIpc) is 3.20. The Hall–Kier alpha value is -1.02. The van der Waals surface area contributed by atoms with E-state index in [0.717, 1.165) is 30.7 Å². The molecule has 0 aliphatic heterocycles. The van der Waals surface area contributed by atoms with E-state index in [0.29, 0.717) is 0 Å². The quantitative estimate of drug-likeness (QED) is 0.770. The van der Waals surface area contributed by atoms with Crippen LogP contribution in [0, 0.1) is 12.8 Å². The summed E-state index contributed by atoms with van der Waals surface area (Å²) in [5, 5.41) is 3.67. The van der Waals surface area contributed by atoms with E-state index in [1.165, 1.54) is 36.8 Å². The molecule has 1 N–H and O–H groups in total. The minimum absolute atomic E-state index is 0.723. The van der Waals surface area contributed by atoms with Crippen LogP contribution in [-0.2, 0) is 6.42 Å². The summed E-state index contributed by atoms with van der Waals surface area (Å²) in [6, 6.07) is 7.30. The van der Waals surface area contributed by atoms with E-state index in [2.05, 4.69) is 37.4 Å². The van der Waals surface area contributed by atoms with Crippen molar-refractivity contribution >= 4 is 0 Å². The number of benzene rings is 1. The number of hydrogen-bond acceptors (Lipinski definition) is 2. The third-order valence-corrected chi connectivity index (χ3v) is 3.91. The van der Waals surface area contributed by atoms with Gasteiger partial charge in [0.25, 0.3) is 0 Å². The predicted molar refractivity (Wildman–Crippen MR) is 80.9 cm³/mol. The Labute approximate surface area is 117 Å². The lowest BCUT2D eigenvalue weighted by atomic mass is 9.93. The average molecular weight is 261 g/mol. The first kappa shape index (κ1) is 14.4. The normalized spacial score (nSPS) is 16.4. The summed E-state index contributed by atoms with van der Waals surface area (Å²) in [4.78, 5) is 0. The first-order valence-electron chi connectivity index (χ1n) is 7.59. The fourth-order valence-electron chi connectivity index (χ4n) is 2.68. The molecular weight excluding hydrogens is 234 g/mol. The summed E-state index contributed by atoms with van der Waals surface area (Å²) in [5.74, 6) is 1.76. The minimum atomic E-state index is 0.723. The highest BCUT2D eigenvalue weighted by Crippen LogP contribution is 2.25. The zero-order chi connectivity index (χ0) is 13.7. The topological polar surface area (TPSA) is 21.3 Å². The lowest BCUT2D eigenvalue weighted by molar-refractivity contribution is 0.394. The maximum absolute atomic E-state index is 5.50. The van der Waals surface area contributed by atoms with Gasteiger partial charge in [0.15, 0.2) is 0 Å². The summed E-state index contributed by atoms with van der Waals surface area (Å²) < 4.78 is 5.50. The molecule has 1 aromatic rings. The van der Waals surface area contributed by atoms with Gasteiger partial charge in [-0.05, 0) is 56.7 Å². The van der Waals surface area contributed by atoms with E-state index < -0.39 is 0 Å². The molecule has 106 valence electrons. The Morgan fingerprint density at radius 1 is 1.37 bits per heavy atom. The molecule has 2 rings (SSSR count). The van der Waals surface area contributed by atoms with Crippen molar-refractivity contribution < 1.29 is 4.74 Å². The number of nitrogens with one attached hydrogen (secondary N) is 1. The van der Waals surface area contributed by atoms with E-state index in [-0.39, 0.29) is 0 Å². The molecule has 1 aromatic carbocycles. The van der Waals surface area contributed by atoms with E-state index in [1.54, 1.807) is 7.11 Å². The summed E-state index contributed by atoms with van der Waals surface area (Å²) in [7, 11) is 1.77. The summed E-state index contributed by atoms with van der Waals surface area (Å²) in [6.45, 7) is 5.58. The molecule has 1 fully saturated rings. The van der Waals surface area contributed by atoms with Gasteiger partial charge in [0.1, 0.15) is 5.75 Å². The Morgan fingerprint density at radius 2 is 2.16 bits per heavy atom. The fourth-order valence-corrected chi connectivity index (χ4v) is 2.68. The van der Waals surface area contributed by atoms with Crippen LogP contribution in [0.1, 0.15) is 43.7 Å². The van der Waals surface area contributed by atoms with Gasteiger partial charge in [-0.25, -0.2) is 0 Å². The van der Waals surface area contributed by atoms with E-state index >= 15 is 0 Å². The van der Waals surface area contributed by atoms with E-state index in [4.69, 9.17) is 4.74 Å². The van der Waals surface area contributed by atoms with Crippen LogP contribution in [0.25, 0.3) is 0 Å². The predicted octanol–water partition coefficient (Wildman–Crippen LogP) is 3.71. The molecule has 0 spiro atoms. The Balaban J connectivity index is 1.99. The maximum Gasteiger partial charge on any atom is 0.122 e. The van der Waals surface area contributed by atoms with Crippen LogP contribution in [0.3, 0.4) is 0 Å². The lowest BCUT2D eigenvalue weighted by Gasteiger charge is -2.19. The van der Waals surface area contributed by atoms with E-state index in [1.807, 2.05) is 0 Å². The highest BCUT2D eigenvalue weighted by molar-refractivity contribution is 5.37. The van der Waals surface area contributed by atoms with Crippen LogP contribution in [0.15, 0.2) is 18.2 Å². The Kier molecular flexibility index (Phi) is 5.26. The summed E-state index contributed by atoms with van der Waals surface area (Å²) >= 11 is 0. The van der Waals surface area contributed by atoms with Crippen molar-refractivity contribution in [3.63, 3.8) is 0 Å². The van der Waals surface area contributed by atoms with Crippen molar-refractivity contribution in [3.05, 3.63) is 29.3 Å². The first-order valence-corrected chi connectivity index (χ1v) is 7.59. The molecule has 0 amide bonds. The largest absolute Gasteiger partial charge is 0.496 e. The van der Waals surface area contributed by atoms with Gasteiger partial charge >= 0.3 is 0 Å². The van der Waals surface area contributed by atoms with Crippen LogP contribution in [0.2, 0.25) is 0 Å². The molecule has 0 bridgehead atoms. The van der Waals surface area contributed by atoms with Gasteiger partial charge in [-0.1, -0.05) is 31.0 Å². The molecule has 0 heterocycles. The summed E-state index contributed by atoms with van der Waals surface area (Å²) in [5.41, 5.74) is 2.68. The molecule has 1 aliphatic carbocycles. The molecule has 19 heavy (non-hydrogen) atoms. The maximum atomic E-state index is 5.50. The molecule has 1 unspecified atom stereocenters. The van der Waals surface area contributed by atoms with Crippen molar-refractivity contribution in [1.29, 1.82) is 0 Å². The van der Waals surface area contributed by atoms with Crippen LogP contribution in [-0.4, -0.2) is 19.7 Å². The van der Waals surface area contributed by atoms with Gasteiger partial charge in [0, 0.05) is 6.04 Å². The SMILES string of the molecule is CCCC(CNC1CC1)Cc1cc(C)ccc1OC. The number of rotatable bonds is 8. The van der Waals surface area contributed by atoms with Crippen LogP contribution < -0.4 is 10.1 Å². The standard InChI is InChI=1S/C17H27NO/c1-4-5-14(12-18-16-7-8-16)11-15-10-13(2)6-9-17(15)19-3/h6,9-10,14,16,18H,4-5,7-8,11-12H2,1-3H3. The number of ether oxygens (including phenoxy) is 1. The lowest BCUT2D eigenvalue weighted by Crippen LogP contribution is -2.26. The van der Waals surface area contributed by atoms with Crippen molar-refractivity contribution in [1.82, 2.24) is 5.32 Å². The molecule has 0 radical (unpaired) electrons. The van der Waals surface area contributed by atoms with Crippen LogP contribution in [0.5, 0.6) is 5.75 Å². The Bertz CT molecular complexity index is 398.